The van der Waals surface area contributed by atoms with E-state index in [0.29, 0.717) is 0 Å². The number of hydrogen-bond donors (Lipinski definition) is 1. The minimum Gasteiger partial charge on any atom is -0.268 e. The summed E-state index contributed by atoms with van der Waals surface area (Å²) in [5, 5.41) is 1.83. The first-order chi connectivity index (χ1) is 3.79. The SMILES string of the molecule is CC1=CCN(N)CC1. The van der Waals surface area contributed by atoms with Gasteiger partial charge in [-0.05, 0) is 13.3 Å². The van der Waals surface area contributed by atoms with Crippen molar-refractivity contribution in [2.75, 3.05) is 13.1 Å². The van der Waals surface area contributed by atoms with E-state index < -0.39 is 0 Å². The Morgan fingerprint density at radius 2 is 2.50 bits per heavy atom. The van der Waals surface area contributed by atoms with E-state index in [1.807, 2.05) is 5.01 Å². The summed E-state index contributed by atoms with van der Waals surface area (Å²) in [5.41, 5.74) is 1.46. The van der Waals surface area contributed by atoms with Crippen LogP contribution in [0.2, 0.25) is 0 Å². The summed E-state index contributed by atoms with van der Waals surface area (Å²) in [6.07, 6.45) is 3.31. The zero-order valence-corrected chi connectivity index (χ0v) is 5.22. The lowest BCUT2D eigenvalue weighted by Gasteiger charge is -2.18. The quantitative estimate of drug-likeness (QED) is 0.365. The Morgan fingerprint density at radius 1 is 1.75 bits per heavy atom. The average molecular weight is 112 g/mol. The molecule has 0 spiro atoms. The lowest BCUT2D eigenvalue weighted by atomic mass is 10.1. The van der Waals surface area contributed by atoms with Gasteiger partial charge in [-0.2, -0.15) is 0 Å². The topological polar surface area (TPSA) is 29.3 Å². The highest BCUT2D eigenvalue weighted by Crippen LogP contribution is 2.04. The van der Waals surface area contributed by atoms with E-state index in [4.69, 9.17) is 5.84 Å². The van der Waals surface area contributed by atoms with Gasteiger partial charge in [0.25, 0.3) is 0 Å². The minimum atomic E-state index is 0.922. The van der Waals surface area contributed by atoms with Crippen LogP contribution in [-0.2, 0) is 0 Å². The van der Waals surface area contributed by atoms with Crippen LogP contribution in [0.3, 0.4) is 0 Å². The molecule has 0 aromatic heterocycles. The molecule has 2 heteroatoms. The molecule has 0 saturated carbocycles. The molecule has 1 aliphatic heterocycles. The van der Waals surface area contributed by atoms with Gasteiger partial charge in [-0.1, -0.05) is 11.6 Å². The number of hydrogen-bond acceptors (Lipinski definition) is 2. The molecule has 0 radical (unpaired) electrons. The molecule has 0 amide bonds. The smallest absolute Gasteiger partial charge is 0.0311 e. The maximum Gasteiger partial charge on any atom is 0.0311 e. The van der Waals surface area contributed by atoms with Crippen molar-refractivity contribution in [3.63, 3.8) is 0 Å². The van der Waals surface area contributed by atoms with Crippen molar-refractivity contribution in [1.82, 2.24) is 5.01 Å². The van der Waals surface area contributed by atoms with E-state index in [2.05, 4.69) is 13.0 Å². The second-order valence-electron chi connectivity index (χ2n) is 2.30. The van der Waals surface area contributed by atoms with Crippen LogP contribution in [0.1, 0.15) is 13.3 Å². The van der Waals surface area contributed by atoms with E-state index in [-0.39, 0.29) is 0 Å². The van der Waals surface area contributed by atoms with Gasteiger partial charge in [-0.3, -0.25) is 5.84 Å². The highest BCUT2D eigenvalue weighted by atomic mass is 15.4. The first kappa shape index (κ1) is 5.79. The fourth-order valence-electron chi connectivity index (χ4n) is 0.786. The summed E-state index contributed by atoms with van der Waals surface area (Å²) < 4.78 is 0. The van der Waals surface area contributed by atoms with Gasteiger partial charge in [0.15, 0.2) is 0 Å². The first-order valence-corrected chi connectivity index (χ1v) is 2.94. The lowest BCUT2D eigenvalue weighted by molar-refractivity contribution is 0.305. The normalized spacial score (nSPS) is 23.0. The molecule has 0 aromatic carbocycles. The molecule has 1 rings (SSSR count). The molecular formula is C6H12N2. The number of nitrogens with two attached hydrogens (primary N) is 1. The highest BCUT2D eigenvalue weighted by Gasteiger charge is 2.02. The molecule has 0 aliphatic carbocycles. The maximum absolute atomic E-state index is 5.49. The Kier molecular flexibility index (Phi) is 1.65. The zero-order chi connectivity index (χ0) is 5.98. The summed E-state index contributed by atoms with van der Waals surface area (Å²) >= 11 is 0. The van der Waals surface area contributed by atoms with Gasteiger partial charge in [0.05, 0.1) is 0 Å². The molecule has 1 aliphatic rings. The van der Waals surface area contributed by atoms with Crippen LogP contribution in [0, 0.1) is 0 Å². The molecule has 0 aromatic rings. The standard InChI is InChI=1S/C6H12N2/c1-6-2-4-8(7)5-3-6/h2H,3-5,7H2,1H3. The lowest BCUT2D eigenvalue weighted by Crippen LogP contribution is -2.34. The van der Waals surface area contributed by atoms with Crippen LogP contribution in [0.15, 0.2) is 11.6 Å². The van der Waals surface area contributed by atoms with Gasteiger partial charge in [-0.25, -0.2) is 5.01 Å². The molecule has 0 saturated heterocycles. The molecule has 1 heterocycles. The van der Waals surface area contributed by atoms with Crippen LogP contribution in [0.4, 0.5) is 0 Å². The van der Waals surface area contributed by atoms with Gasteiger partial charge in [0.2, 0.25) is 0 Å². The predicted octanol–water partition coefficient (Wildman–Crippen LogP) is 0.512. The van der Waals surface area contributed by atoms with Gasteiger partial charge < -0.3 is 0 Å². The van der Waals surface area contributed by atoms with Gasteiger partial charge in [0, 0.05) is 13.1 Å². The molecule has 2 N–H and O–H groups in total. The highest BCUT2D eigenvalue weighted by molar-refractivity contribution is 5.02. The van der Waals surface area contributed by atoms with Crippen molar-refractivity contribution < 1.29 is 0 Å². The third-order valence-electron chi connectivity index (χ3n) is 1.47. The molecular weight excluding hydrogens is 100 g/mol. The molecule has 8 heavy (non-hydrogen) atoms. The average Bonchev–Trinajstić information content (AvgIpc) is 1.77. The number of hydrazine groups is 1. The van der Waals surface area contributed by atoms with Crippen LogP contribution < -0.4 is 5.84 Å². The first-order valence-electron chi connectivity index (χ1n) is 2.94. The molecule has 0 fully saturated rings. The monoisotopic (exact) mass is 112 g/mol. The summed E-state index contributed by atoms with van der Waals surface area (Å²) in [4.78, 5) is 0. The fraction of sp³-hybridized carbons (Fsp3) is 0.667. The van der Waals surface area contributed by atoms with Gasteiger partial charge in [-0.15, -0.1) is 0 Å². The Labute approximate surface area is 49.9 Å². The van der Waals surface area contributed by atoms with E-state index in [0.717, 1.165) is 19.5 Å². The Hall–Kier alpha value is -0.340. The second kappa shape index (κ2) is 2.29. The summed E-state index contributed by atoms with van der Waals surface area (Å²) in [6.45, 7) is 4.08. The van der Waals surface area contributed by atoms with Crippen LogP contribution >= 0.6 is 0 Å². The van der Waals surface area contributed by atoms with E-state index >= 15 is 0 Å². The largest absolute Gasteiger partial charge is 0.268 e. The Morgan fingerprint density at radius 3 is 2.88 bits per heavy atom. The third kappa shape index (κ3) is 1.32. The van der Waals surface area contributed by atoms with E-state index in [9.17, 15) is 0 Å². The van der Waals surface area contributed by atoms with Crippen LogP contribution in [-0.4, -0.2) is 18.1 Å². The van der Waals surface area contributed by atoms with E-state index in [1.165, 1.54) is 5.57 Å². The van der Waals surface area contributed by atoms with Gasteiger partial charge in [0.1, 0.15) is 0 Å². The third-order valence-corrected chi connectivity index (χ3v) is 1.47. The number of rotatable bonds is 0. The van der Waals surface area contributed by atoms with Crippen molar-refractivity contribution in [1.29, 1.82) is 0 Å². The fourth-order valence-corrected chi connectivity index (χ4v) is 0.786. The van der Waals surface area contributed by atoms with Crippen LogP contribution in [0.25, 0.3) is 0 Å². The summed E-state index contributed by atoms with van der Waals surface area (Å²) in [5.74, 6) is 5.49. The molecule has 0 unspecified atom stereocenters. The van der Waals surface area contributed by atoms with Crippen LogP contribution in [0.5, 0.6) is 0 Å². The van der Waals surface area contributed by atoms with Crippen molar-refractivity contribution in [2.45, 2.75) is 13.3 Å². The maximum atomic E-state index is 5.49. The number of nitrogens with zero attached hydrogens (tertiary/aromatic N) is 1. The summed E-state index contributed by atoms with van der Waals surface area (Å²) in [7, 11) is 0. The van der Waals surface area contributed by atoms with Crippen molar-refractivity contribution >= 4 is 0 Å². The molecule has 0 atom stereocenters. The van der Waals surface area contributed by atoms with Crippen molar-refractivity contribution in [3.8, 4) is 0 Å². The molecule has 0 bridgehead atoms. The molecule has 46 valence electrons. The van der Waals surface area contributed by atoms with Crippen molar-refractivity contribution in [2.24, 2.45) is 5.84 Å². The van der Waals surface area contributed by atoms with Gasteiger partial charge >= 0.3 is 0 Å². The van der Waals surface area contributed by atoms with Crippen molar-refractivity contribution in [3.05, 3.63) is 11.6 Å². The minimum absolute atomic E-state index is 0.922. The predicted molar refractivity (Wildman–Crippen MR) is 34.1 cm³/mol. The second-order valence-corrected chi connectivity index (χ2v) is 2.30. The summed E-state index contributed by atoms with van der Waals surface area (Å²) in [6, 6.07) is 0. The Bertz CT molecular complexity index is 107. The molecule has 2 nitrogen and oxygen atoms in total. The zero-order valence-electron chi connectivity index (χ0n) is 5.22. The van der Waals surface area contributed by atoms with E-state index in [1.54, 1.807) is 0 Å². The Balaban J connectivity index is 2.42.